The molecule has 0 saturated carbocycles. The molecule has 0 fully saturated rings. The van der Waals surface area contributed by atoms with E-state index in [0.29, 0.717) is 6.61 Å². The second-order valence-corrected chi connectivity index (χ2v) is 10.9. The minimum atomic E-state index is -1.45. The highest BCUT2D eigenvalue weighted by atomic mass is 19.1. The highest BCUT2D eigenvalue weighted by Crippen LogP contribution is 2.15. The van der Waals surface area contributed by atoms with Crippen LogP contribution in [-0.2, 0) is 27.4 Å². The van der Waals surface area contributed by atoms with E-state index < -0.39 is 41.1 Å². The maximum absolute atomic E-state index is 14.1. The number of amides is 2. The van der Waals surface area contributed by atoms with Crippen LogP contribution in [0.15, 0.2) is 48.5 Å². The SMILES string of the molecule is CC(C)NC(CC(=O)NCC(C)(C)CNC(=O)[C@@H](O)[C@H](N)COCc1ccccc1)Cc1cc(F)ccc1F. The summed E-state index contributed by atoms with van der Waals surface area (Å²) in [6.07, 6.45) is -1.23. The topological polar surface area (TPSA) is 126 Å². The molecule has 8 nitrogen and oxygen atoms in total. The van der Waals surface area contributed by atoms with Gasteiger partial charge in [-0.1, -0.05) is 58.0 Å². The molecule has 216 valence electrons. The first kappa shape index (κ1) is 32.3. The number of aliphatic hydroxyl groups excluding tert-OH is 1. The summed E-state index contributed by atoms with van der Waals surface area (Å²) < 4.78 is 33.2. The highest BCUT2D eigenvalue weighted by molar-refractivity contribution is 5.81. The van der Waals surface area contributed by atoms with Crippen LogP contribution in [0.3, 0.4) is 0 Å². The summed E-state index contributed by atoms with van der Waals surface area (Å²) in [5.41, 5.74) is 6.56. The van der Waals surface area contributed by atoms with E-state index in [-0.39, 0.29) is 50.1 Å². The van der Waals surface area contributed by atoms with Crippen LogP contribution in [0.2, 0.25) is 0 Å². The van der Waals surface area contributed by atoms with Crippen LogP contribution in [0, 0.1) is 17.0 Å². The molecule has 6 N–H and O–H groups in total. The zero-order valence-electron chi connectivity index (χ0n) is 23.2. The van der Waals surface area contributed by atoms with Gasteiger partial charge in [0, 0.05) is 31.6 Å². The number of benzene rings is 2. The molecule has 0 heterocycles. The van der Waals surface area contributed by atoms with Gasteiger partial charge in [0.15, 0.2) is 0 Å². The molecule has 2 aromatic carbocycles. The molecule has 0 aromatic heterocycles. The molecule has 0 saturated heterocycles. The van der Waals surface area contributed by atoms with Crippen molar-refractivity contribution in [2.45, 2.75) is 71.4 Å². The number of carbonyl (C=O) groups excluding carboxylic acids is 2. The van der Waals surface area contributed by atoms with E-state index in [9.17, 15) is 23.5 Å². The molecule has 10 heteroatoms. The standard InChI is InChI=1S/C29H42F2N4O4/c1-19(2)35-23(13-21-12-22(30)10-11-24(21)31)14-26(36)33-17-29(3,4)18-34-28(38)27(37)25(32)16-39-15-20-8-6-5-7-9-20/h5-12,19,23,25,27,35,37H,13-18,32H2,1-4H3,(H,33,36)(H,34,38)/t23?,25-,27+/m1/s1. The lowest BCUT2D eigenvalue weighted by Crippen LogP contribution is -2.51. The van der Waals surface area contributed by atoms with Crippen molar-refractivity contribution in [3.63, 3.8) is 0 Å². The molecule has 39 heavy (non-hydrogen) atoms. The molecule has 0 aliphatic heterocycles. The second-order valence-electron chi connectivity index (χ2n) is 10.9. The van der Waals surface area contributed by atoms with Crippen molar-refractivity contribution in [1.82, 2.24) is 16.0 Å². The van der Waals surface area contributed by atoms with Gasteiger partial charge in [0.05, 0.1) is 19.3 Å². The van der Waals surface area contributed by atoms with E-state index in [1.165, 1.54) is 0 Å². The summed E-state index contributed by atoms with van der Waals surface area (Å²) in [6, 6.07) is 11.5. The van der Waals surface area contributed by atoms with E-state index in [2.05, 4.69) is 16.0 Å². The number of carbonyl (C=O) groups is 2. The van der Waals surface area contributed by atoms with Crippen LogP contribution in [0.5, 0.6) is 0 Å². The summed E-state index contributed by atoms with van der Waals surface area (Å²) in [7, 11) is 0. The Labute approximate surface area is 229 Å². The van der Waals surface area contributed by atoms with Crippen LogP contribution in [0.4, 0.5) is 8.78 Å². The van der Waals surface area contributed by atoms with Crippen molar-refractivity contribution in [2.24, 2.45) is 11.1 Å². The fourth-order valence-electron chi connectivity index (χ4n) is 3.93. The summed E-state index contributed by atoms with van der Waals surface area (Å²) in [5.74, 6) is -1.94. The Morgan fingerprint density at radius 3 is 2.38 bits per heavy atom. The number of halogens is 2. The second kappa shape index (κ2) is 15.6. The largest absolute Gasteiger partial charge is 0.382 e. The average molecular weight is 549 g/mol. The number of nitrogens with one attached hydrogen (secondary N) is 3. The molecule has 0 radical (unpaired) electrons. The smallest absolute Gasteiger partial charge is 0.250 e. The molecular formula is C29H42F2N4O4. The van der Waals surface area contributed by atoms with Crippen molar-refractivity contribution >= 4 is 11.8 Å². The number of aliphatic hydroxyl groups is 1. The zero-order valence-corrected chi connectivity index (χ0v) is 23.2. The van der Waals surface area contributed by atoms with Gasteiger partial charge in [-0.05, 0) is 41.2 Å². The van der Waals surface area contributed by atoms with Gasteiger partial charge in [-0.25, -0.2) is 8.78 Å². The van der Waals surface area contributed by atoms with E-state index in [1.54, 1.807) is 0 Å². The Morgan fingerprint density at radius 2 is 1.72 bits per heavy atom. The van der Waals surface area contributed by atoms with Gasteiger partial charge in [0.1, 0.15) is 17.7 Å². The van der Waals surface area contributed by atoms with Crippen LogP contribution in [0.1, 0.15) is 45.2 Å². The number of ether oxygens (including phenoxy) is 1. The quantitative estimate of drug-likeness (QED) is 0.219. The van der Waals surface area contributed by atoms with Gasteiger partial charge in [-0.3, -0.25) is 9.59 Å². The molecule has 0 spiro atoms. The van der Waals surface area contributed by atoms with Gasteiger partial charge in [-0.15, -0.1) is 0 Å². The van der Waals surface area contributed by atoms with Crippen molar-refractivity contribution in [3.05, 3.63) is 71.3 Å². The first-order valence-corrected chi connectivity index (χ1v) is 13.2. The summed E-state index contributed by atoms with van der Waals surface area (Å²) in [6.45, 7) is 8.29. The molecule has 0 aliphatic rings. The normalized spacial score (nSPS) is 14.1. The lowest BCUT2D eigenvalue weighted by Gasteiger charge is -2.27. The fourth-order valence-corrected chi connectivity index (χ4v) is 3.93. The first-order valence-electron chi connectivity index (χ1n) is 13.2. The number of hydrogen-bond acceptors (Lipinski definition) is 6. The fraction of sp³-hybridized carbons (Fsp3) is 0.517. The minimum absolute atomic E-state index is 0.00797. The van der Waals surface area contributed by atoms with Gasteiger partial charge in [-0.2, -0.15) is 0 Å². The molecular weight excluding hydrogens is 506 g/mol. The van der Waals surface area contributed by atoms with E-state index >= 15 is 0 Å². The third-order valence-corrected chi connectivity index (χ3v) is 6.08. The molecule has 2 amide bonds. The summed E-state index contributed by atoms with van der Waals surface area (Å²) in [4.78, 5) is 25.1. The predicted octanol–water partition coefficient (Wildman–Crippen LogP) is 2.43. The van der Waals surface area contributed by atoms with E-state index in [1.807, 2.05) is 58.0 Å². The Balaban J connectivity index is 1.78. The van der Waals surface area contributed by atoms with Crippen LogP contribution >= 0.6 is 0 Å². The molecule has 2 rings (SSSR count). The summed E-state index contributed by atoms with van der Waals surface area (Å²) >= 11 is 0. The number of hydrogen-bond donors (Lipinski definition) is 5. The number of nitrogens with two attached hydrogens (primary N) is 1. The minimum Gasteiger partial charge on any atom is -0.382 e. The molecule has 3 atom stereocenters. The monoisotopic (exact) mass is 548 g/mol. The Kier molecular flexibility index (Phi) is 12.9. The molecule has 0 bridgehead atoms. The lowest BCUT2D eigenvalue weighted by molar-refractivity contribution is -0.131. The predicted molar refractivity (Wildman–Crippen MR) is 147 cm³/mol. The van der Waals surface area contributed by atoms with Gasteiger partial charge >= 0.3 is 0 Å². The van der Waals surface area contributed by atoms with Gasteiger partial charge in [0.25, 0.3) is 5.91 Å². The third kappa shape index (κ3) is 12.2. The van der Waals surface area contributed by atoms with Gasteiger partial charge < -0.3 is 31.5 Å². The van der Waals surface area contributed by atoms with Crippen LogP contribution in [0.25, 0.3) is 0 Å². The van der Waals surface area contributed by atoms with Crippen molar-refractivity contribution in [2.75, 3.05) is 19.7 Å². The Hall–Kier alpha value is -2.92. The molecule has 2 aromatic rings. The molecule has 0 aliphatic carbocycles. The van der Waals surface area contributed by atoms with E-state index in [4.69, 9.17) is 10.5 Å². The lowest BCUT2D eigenvalue weighted by atomic mass is 9.93. The Bertz CT molecular complexity index is 1050. The first-order chi connectivity index (χ1) is 18.4. The maximum Gasteiger partial charge on any atom is 0.250 e. The van der Waals surface area contributed by atoms with Crippen LogP contribution < -0.4 is 21.7 Å². The van der Waals surface area contributed by atoms with Crippen molar-refractivity contribution in [1.29, 1.82) is 0 Å². The molecule has 1 unspecified atom stereocenters. The highest BCUT2D eigenvalue weighted by Gasteiger charge is 2.27. The van der Waals surface area contributed by atoms with Crippen molar-refractivity contribution < 1.29 is 28.2 Å². The van der Waals surface area contributed by atoms with Crippen molar-refractivity contribution in [3.8, 4) is 0 Å². The zero-order chi connectivity index (χ0) is 29.0. The maximum atomic E-state index is 14.1. The average Bonchev–Trinajstić information content (AvgIpc) is 2.88. The third-order valence-electron chi connectivity index (χ3n) is 6.08. The Morgan fingerprint density at radius 1 is 1.05 bits per heavy atom. The summed E-state index contributed by atoms with van der Waals surface area (Å²) in [5, 5.41) is 19.0. The van der Waals surface area contributed by atoms with Crippen LogP contribution in [-0.4, -0.2) is 60.8 Å². The van der Waals surface area contributed by atoms with E-state index in [0.717, 1.165) is 23.8 Å². The van der Waals surface area contributed by atoms with Gasteiger partial charge in [0.2, 0.25) is 5.91 Å². The number of rotatable bonds is 16.